The van der Waals surface area contributed by atoms with Crippen LogP contribution in [0.3, 0.4) is 0 Å². The summed E-state index contributed by atoms with van der Waals surface area (Å²) in [7, 11) is 1.70. The highest BCUT2D eigenvalue weighted by molar-refractivity contribution is 5.85. The Bertz CT molecular complexity index is 84.5. The Kier molecular flexibility index (Phi) is 2.27. The van der Waals surface area contributed by atoms with Crippen molar-refractivity contribution in [1.82, 2.24) is 0 Å². The van der Waals surface area contributed by atoms with E-state index in [4.69, 9.17) is 10.5 Å². The van der Waals surface area contributed by atoms with E-state index in [-0.39, 0.29) is 24.0 Å². The van der Waals surface area contributed by atoms with Crippen LogP contribution in [0.2, 0.25) is 0 Å². The third-order valence-electron chi connectivity index (χ3n) is 1.72. The summed E-state index contributed by atoms with van der Waals surface area (Å²) >= 11 is 0. The van der Waals surface area contributed by atoms with Crippen molar-refractivity contribution >= 4 is 12.4 Å². The standard InChI is InChI=1S/C5H11NO.ClH/c1-5(7-2)3-4(5)6;/h4H,3,6H2,1-2H3;1H/t4-,5+;/m0./s1. The molecule has 2 atom stereocenters. The minimum atomic E-state index is 0. The summed E-state index contributed by atoms with van der Waals surface area (Å²) in [5, 5.41) is 0. The van der Waals surface area contributed by atoms with Crippen LogP contribution in [0.4, 0.5) is 0 Å². The van der Waals surface area contributed by atoms with E-state index in [9.17, 15) is 0 Å². The zero-order valence-corrected chi connectivity index (χ0v) is 5.99. The molecule has 0 heterocycles. The maximum Gasteiger partial charge on any atom is 0.0817 e. The van der Waals surface area contributed by atoms with Gasteiger partial charge < -0.3 is 10.5 Å². The van der Waals surface area contributed by atoms with Gasteiger partial charge in [0.05, 0.1) is 5.60 Å². The summed E-state index contributed by atoms with van der Waals surface area (Å²) in [6.45, 7) is 2.03. The Hall–Kier alpha value is 0.210. The SMILES string of the molecule is CO[C@]1(C)C[C@@H]1N.Cl. The number of methoxy groups -OCH3 is 1. The minimum Gasteiger partial charge on any atom is -0.377 e. The van der Waals surface area contributed by atoms with Gasteiger partial charge in [0.25, 0.3) is 0 Å². The van der Waals surface area contributed by atoms with Crippen LogP contribution in [-0.2, 0) is 4.74 Å². The zero-order chi connectivity index (χ0) is 5.49. The number of rotatable bonds is 1. The molecule has 50 valence electrons. The van der Waals surface area contributed by atoms with Gasteiger partial charge in [0.1, 0.15) is 0 Å². The van der Waals surface area contributed by atoms with Crippen molar-refractivity contribution in [2.45, 2.75) is 25.0 Å². The minimum absolute atomic E-state index is 0. The van der Waals surface area contributed by atoms with Crippen LogP contribution in [0.1, 0.15) is 13.3 Å². The highest BCUT2D eigenvalue weighted by Crippen LogP contribution is 2.36. The van der Waals surface area contributed by atoms with E-state index in [1.54, 1.807) is 7.11 Å². The molecule has 0 spiro atoms. The molecule has 3 heteroatoms. The zero-order valence-electron chi connectivity index (χ0n) is 5.18. The van der Waals surface area contributed by atoms with Gasteiger partial charge >= 0.3 is 0 Å². The molecule has 0 unspecified atom stereocenters. The molecule has 0 aromatic carbocycles. The highest BCUT2D eigenvalue weighted by atomic mass is 35.5. The molecule has 0 saturated heterocycles. The summed E-state index contributed by atoms with van der Waals surface area (Å²) in [5.74, 6) is 0. The first-order chi connectivity index (χ1) is 3.19. The Morgan fingerprint density at radius 1 is 1.75 bits per heavy atom. The Labute approximate surface area is 55.8 Å². The number of ether oxygens (including phenoxy) is 1. The molecule has 1 saturated carbocycles. The molecule has 0 aromatic rings. The molecule has 0 aliphatic heterocycles. The monoisotopic (exact) mass is 137 g/mol. The molecule has 8 heavy (non-hydrogen) atoms. The lowest BCUT2D eigenvalue weighted by molar-refractivity contribution is 0.0917. The topological polar surface area (TPSA) is 35.2 Å². The Balaban J connectivity index is 0.000000490. The average molecular weight is 138 g/mol. The largest absolute Gasteiger partial charge is 0.377 e. The third kappa shape index (κ3) is 1.13. The number of nitrogens with two attached hydrogens (primary N) is 1. The normalized spacial score (nSPS) is 43.1. The van der Waals surface area contributed by atoms with Gasteiger partial charge in [0.2, 0.25) is 0 Å². The fourth-order valence-electron chi connectivity index (χ4n) is 0.612. The van der Waals surface area contributed by atoms with Gasteiger partial charge in [-0.1, -0.05) is 0 Å². The van der Waals surface area contributed by atoms with Crippen LogP contribution < -0.4 is 5.73 Å². The van der Waals surface area contributed by atoms with Crippen LogP contribution in [-0.4, -0.2) is 18.8 Å². The van der Waals surface area contributed by atoms with Crippen LogP contribution in [0.5, 0.6) is 0 Å². The van der Waals surface area contributed by atoms with E-state index >= 15 is 0 Å². The van der Waals surface area contributed by atoms with Gasteiger partial charge in [0, 0.05) is 13.2 Å². The molecular weight excluding hydrogens is 126 g/mol. The first-order valence-electron chi connectivity index (χ1n) is 2.50. The second kappa shape index (κ2) is 2.21. The molecule has 0 bridgehead atoms. The van der Waals surface area contributed by atoms with Crippen LogP contribution in [0.15, 0.2) is 0 Å². The van der Waals surface area contributed by atoms with E-state index in [1.165, 1.54) is 0 Å². The van der Waals surface area contributed by atoms with E-state index in [2.05, 4.69) is 0 Å². The van der Waals surface area contributed by atoms with E-state index in [0.717, 1.165) is 6.42 Å². The average Bonchev–Trinajstić information content (AvgIpc) is 2.18. The van der Waals surface area contributed by atoms with Gasteiger partial charge in [-0.25, -0.2) is 0 Å². The summed E-state index contributed by atoms with van der Waals surface area (Å²) < 4.78 is 5.04. The summed E-state index contributed by atoms with van der Waals surface area (Å²) in [6.07, 6.45) is 1.02. The summed E-state index contributed by atoms with van der Waals surface area (Å²) in [4.78, 5) is 0. The summed E-state index contributed by atoms with van der Waals surface area (Å²) in [6, 6.07) is 0.289. The molecule has 0 amide bonds. The second-order valence-corrected chi connectivity index (χ2v) is 2.33. The lowest BCUT2D eigenvalue weighted by Gasteiger charge is -2.03. The van der Waals surface area contributed by atoms with Gasteiger partial charge in [-0.15, -0.1) is 12.4 Å². The quantitative estimate of drug-likeness (QED) is 0.573. The van der Waals surface area contributed by atoms with Gasteiger partial charge in [0.15, 0.2) is 0 Å². The van der Waals surface area contributed by atoms with Crippen molar-refractivity contribution in [1.29, 1.82) is 0 Å². The number of hydrogen-bond donors (Lipinski definition) is 1. The second-order valence-electron chi connectivity index (χ2n) is 2.33. The van der Waals surface area contributed by atoms with Crippen molar-refractivity contribution < 1.29 is 4.74 Å². The van der Waals surface area contributed by atoms with Gasteiger partial charge in [-0.2, -0.15) is 0 Å². The van der Waals surface area contributed by atoms with Crippen molar-refractivity contribution in [3.05, 3.63) is 0 Å². The first kappa shape index (κ1) is 8.21. The molecule has 2 nitrogen and oxygen atoms in total. The fraction of sp³-hybridized carbons (Fsp3) is 1.00. The molecule has 0 radical (unpaired) electrons. The molecule has 1 rings (SSSR count). The van der Waals surface area contributed by atoms with Crippen LogP contribution >= 0.6 is 12.4 Å². The molecular formula is C5H12ClNO. The lowest BCUT2D eigenvalue weighted by Crippen LogP contribution is -2.17. The molecule has 1 aliphatic rings. The smallest absolute Gasteiger partial charge is 0.0817 e. The van der Waals surface area contributed by atoms with E-state index in [1.807, 2.05) is 6.92 Å². The lowest BCUT2D eigenvalue weighted by atomic mass is 10.4. The molecule has 0 aromatic heterocycles. The highest BCUT2D eigenvalue weighted by Gasteiger charge is 2.47. The predicted octanol–water partition coefficient (Wildman–Crippen LogP) is 0.544. The van der Waals surface area contributed by atoms with Crippen LogP contribution in [0.25, 0.3) is 0 Å². The van der Waals surface area contributed by atoms with Crippen molar-refractivity contribution in [3.63, 3.8) is 0 Å². The Morgan fingerprint density at radius 3 is 2.12 bits per heavy atom. The maximum atomic E-state index is 5.49. The number of halogens is 1. The van der Waals surface area contributed by atoms with Crippen LogP contribution in [0, 0.1) is 0 Å². The van der Waals surface area contributed by atoms with Gasteiger partial charge in [-0.05, 0) is 13.3 Å². The number of hydrogen-bond acceptors (Lipinski definition) is 2. The third-order valence-corrected chi connectivity index (χ3v) is 1.72. The molecule has 1 fully saturated rings. The molecule has 2 N–H and O–H groups in total. The first-order valence-corrected chi connectivity index (χ1v) is 2.50. The maximum absolute atomic E-state index is 5.49. The van der Waals surface area contributed by atoms with Crippen molar-refractivity contribution in [2.75, 3.05) is 7.11 Å². The fourth-order valence-corrected chi connectivity index (χ4v) is 0.612. The molecule has 1 aliphatic carbocycles. The Morgan fingerprint density at radius 2 is 2.12 bits per heavy atom. The van der Waals surface area contributed by atoms with E-state index < -0.39 is 0 Å². The van der Waals surface area contributed by atoms with Gasteiger partial charge in [-0.3, -0.25) is 0 Å². The van der Waals surface area contributed by atoms with Crippen molar-refractivity contribution in [3.8, 4) is 0 Å². The predicted molar refractivity (Wildman–Crippen MR) is 35.3 cm³/mol. The van der Waals surface area contributed by atoms with E-state index in [0.29, 0.717) is 0 Å². The van der Waals surface area contributed by atoms with Crippen molar-refractivity contribution in [2.24, 2.45) is 5.73 Å². The summed E-state index contributed by atoms with van der Waals surface area (Å²) in [5.41, 5.74) is 5.51.